The minimum atomic E-state index is -3.82. The van der Waals surface area contributed by atoms with Crippen molar-refractivity contribution in [2.24, 2.45) is 0 Å². The monoisotopic (exact) mass is 368 g/mol. The highest BCUT2D eigenvalue weighted by molar-refractivity contribution is 7.91. The molecule has 0 saturated heterocycles. The van der Waals surface area contributed by atoms with Gasteiger partial charge in [0.05, 0.1) is 11.4 Å². The summed E-state index contributed by atoms with van der Waals surface area (Å²) in [4.78, 5) is 12.4. The van der Waals surface area contributed by atoms with Crippen LogP contribution in [0.25, 0.3) is 10.8 Å². The smallest absolute Gasteiger partial charge is 0.235 e. The van der Waals surface area contributed by atoms with Crippen LogP contribution in [0.1, 0.15) is 10.9 Å². The zero-order valence-corrected chi connectivity index (χ0v) is 15.2. The van der Waals surface area contributed by atoms with Crippen molar-refractivity contribution in [3.8, 4) is 0 Å². The summed E-state index contributed by atoms with van der Waals surface area (Å²) in [6, 6.07) is 21.2. The van der Waals surface area contributed by atoms with Crippen LogP contribution in [0.3, 0.4) is 0 Å². The van der Waals surface area contributed by atoms with Crippen LogP contribution in [-0.4, -0.2) is 27.9 Å². The van der Waals surface area contributed by atoms with Gasteiger partial charge in [0.15, 0.2) is 5.37 Å². The summed E-state index contributed by atoms with van der Waals surface area (Å²) in [6.45, 7) is 0.0333. The molecule has 0 radical (unpaired) electrons. The Bertz CT molecular complexity index is 1010. The third-order valence-corrected chi connectivity index (χ3v) is 6.04. The fourth-order valence-electron chi connectivity index (χ4n) is 2.91. The molecule has 0 aliphatic rings. The van der Waals surface area contributed by atoms with Gasteiger partial charge in [-0.05, 0) is 35.5 Å². The van der Waals surface area contributed by atoms with Crippen LogP contribution in [0, 0.1) is 0 Å². The van der Waals surface area contributed by atoms with E-state index < -0.39 is 15.2 Å². The summed E-state index contributed by atoms with van der Waals surface area (Å²) in [6.07, 6.45) is 0. The molecule has 26 heavy (non-hydrogen) atoms. The SMILES string of the molecule is CNCC(=O)NC(c1cccc2ccccc12)S(=O)(=O)c1ccccc1. The molecule has 6 heteroatoms. The van der Waals surface area contributed by atoms with Crippen molar-refractivity contribution in [2.75, 3.05) is 13.6 Å². The summed E-state index contributed by atoms with van der Waals surface area (Å²) in [5.74, 6) is -0.384. The van der Waals surface area contributed by atoms with E-state index in [2.05, 4.69) is 10.6 Å². The molecule has 0 aliphatic carbocycles. The second-order valence-corrected chi connectivity index (χ2v) is 7.94. The summed E-state index contributed by atoms with van der Waals surface area (Å²) in [5, 5.41) is 5.97. The highest BCUT2D eigenvalue weighted by atomic mass is 32.2. The number of hydrogen-bond donors (Lipinski definition) is 2. The number of fused-ring (bicyclic) bond motifs is 1. The summed E-state index contributed by atoms with van der Waals surface area (Å²) < 4.78 is 26.6. The van der Waals surface area contributed by atoms with Crippen molar-refractivity contribution in [2.45, 2.75) is 10.3 Å². The van der Waals surface area contributed by atoms with Crippen LogP contribution >= 0.6 is 0 Å². The number of benzene rings is 3. The van der Waals surface area contributed by atoms with E-state index in [-0.39, 0.29) is 17.3 Å². The van der Waals surface area contributed by atoms with E-state index in [0.29, 0.717) is 5.56 Å². The Morgan fingerprint density at radius 1 is 0.923 bits per heavy atom. The number of rotatable bonds is 6. The van der Waals surface area contributed by atoms with E-state index in [4.69, 9.17) is 0 Å². The Hall–Kier alpha value is -2.70. The fourth-order valence-corrected chi connectivity index (χ4v) is 4.54. The molecule has 3 rings (SSSR count). The summed E-state index contributed by atoms with van der Waals surface area (Å²) in [7, 11) is -2.18. The van der Waals surface area contributed by atoms with Crippen molar-refractivity contribution in [3.63, 3.8) is 0 Å². The fraction of sp³-hybridized carbons (Fsp3) is 0.150. The van der Waals surface area contributed by atoms with Crippen molar-refractivity contribution >= 4 is 26.5 Å². The zero-order valence-electron chi connectivity index (χ0n) is 14.3. The maximum atomic E-state index is 13.3. The van der Waals surface area contributed by atoms with Crippen LogP contribution in [0.4, 0.5) is 0 Å². The van der Waals surface area contributed by atoms with E-state index >= 15 is 0 Å². The minimum Gasteiger partial charge on any atom is -0.334 e. The number of sulfone groups is 1. The second kappa shape index (κ2) is 7.68. The first-order valence-corrected chi connectivity index (χ1v) is 9.79. The molecule has 0 aliphatic heterocycles. The zero-order chi connectivity index (χ0) is 18.6. The maximum absolute atomic E-state index is 13.3. The molecule has 3 aromatic rings. The van der Waals surface area contributed by atoms with Gasteiger partial charge in [-0.15, -0.1) is 0 Å². The van der Waals surface area contributed by atoms with Crippen LogP contribution in [-0.2, 0) is 14.6 Å². The van der Waals surface area contributed by atoms with Gasteiger partial charge in [0.25, 0.3) is 0 Å². The number of carbonyl (C=O) groups is 1. The lowest BCUT2D eigenvalue weighted by Gasteiger charge is -2.21. The summed E-state index contributed by atoms with van der Waals surface area (Å²) in [5.41, 5.74) is 0.552. The average molecular weight is 368 g/mol. The van der Waals surface area contributed by atoms with Gasteiger partial charge < -0.3 is 10.6 Å². The highest BCUT2D eigenvalue weighted by Gasteiger charge is 2.31. The van der Waals surface area contributed by atoms with Crippen molar-refractivity contribution in [1.29, 1.82) is 0 Å². The third kappa shape index (κ3) is 3.61. The van der Waals surface area contributed by atoms with Crippen molar-refractivity contribution in [1.82, 2.24) is 10.6 Å². The normalized spacial score (nSPS) is 12.7. The molecule has 5 nitrogen and oxygen atoms in total. The molecule has 0 saturated carbocycles. The Morgan fingerprint density at radius 2 is 1.58 bits per heavy atom. The second-order valence-electron chi connectivity index (χ2n) is 5.90. The van der Waals surface area contributed by atoms with Crippen molar-refractivity contribution < 1.29 is 13.2 Å². The molecular weight excluding hydrogens is 348 g/mol. The van der Waals surface area contributed by atoms with Gasteiger partial charge in [0.1, 0.15) is 0 Å². The quantitative estimate of drug-likeness (QED) is 0.701. The Kier molecular flexibility index (Phi) is 5.35. The highest BCUT2D eigenvalue weighted by Crippen LogP contribution is 2.31. The van der Waals surface area contributed by atoms with Gasteiger partial charge in [-0.1, -0.05) is 60.7 Å². The first-order valence-electron chi connectivity index (χ1n) is 8.24. The van der Waals surface area contributed by atoms with E-state index in [0.717, 1.165) is 10.8 Å². The van der Waals surface area contributed by atoms with Gasteiger partial charge in [-0.25, -0.2) is 8.42 Å². The third-order valence-electron chi connectivity index (χ3n) is 4.12. The molecule has 3 aromatic carbocycles. The predicted molar refractivity (Wildman–Crippen MR) is 102 cm³/mol. The lowest BCUT2D eigenvalue weighted by Crippen LogP contribution is -2.38. The lowest BCUT2D eigenvalue weighted by molar-refractivity contribution is -0.120. The topological polar surface area (TPSA) is 75.3 Å². The molecule has 0 fully saturated rings. The van der Waals surface area contributed by atoms with Crippen LogP contribution < -0.4 is 10.6 Å². The number of hydrogen-bond acceptors (Lipinski definition) is 4. The molecule has 2 N–H and O–H groups in total. The lowest BCUT2D eigenvalue weighted by atomic mass is 10.0. The molecular formula is C20H20N2O3S. The molecule has 0 aromatic heterocycles. The van der Waals surface area contributed by atoms with Gasteiger partial charge in [-0.2, -0.15) is 0 Å². The predicted octanol–water partition coefficient (Wildman–Crippen LogP) is 2.65. The van der Waals surface area contributed by atoms with Gasteiger partial charge in [0.2, 0.25) is 15.7 Å². The van der Waals surface area contributed by atoms with Gasteiger partial charge in [0, 0.05) is 0 Å². The van der Waals surface area contributed by atoms with Crippen LogP contribution in [0.15, 0.2) is 77.7 Å². The van der Waals surface area contributed by atoms with E-state index in [1.165, 1.54) is 12.1 Å². The molecule has 134 valence electrons. The van der Waals surface area contributed by atoms with Crippen LogP contribution in [0.5, 0.6) is 0 Å². The van der Waals surface area contributed by atoms with E-state index in [9.17, 15) is 13.2 Å². The molecule has 1 amide bonds. The number of carbonyl (C=O) groups excluding carboxylic acids is 1. The Labute approximate surface area is 153 Å². The van der Waals surface area contributed by atoms with Gasteiger partial charge in [-0.3, -0.25) is 4.79 Å². The number of nitrogens with one attached hydrogen (secondary N) is 2. The van der Waals surface area contributed by atoms with E-state index in [1.54, 1.807) is 37.4 Å². The minimum absolute atomic E-state index is 0.0333. The largest absolute Gasteiger partial charge is 0.334 e. The average Bonchev–Trinajstić information content (AvgIpc) is 2.66. The molecule has 0 spiro atoms. The molecule has 1 atom stereocenters. The molecule has 0 heterocycles. The Balaban J connectivity index is 2.16. The molecule has 0 bridgehead atoms. The molecule has 1 unspecified atom stereocenters. The first-order chi connectivity index (χ1) is 12.5. The summed E-state index contributed by atoms with van der Waals surface area (Å²) >= 11 is 0. The van der Waals surface area contributed by atoms with Gasteiger partial charge >= 0.3 is 0 Å². The number of amides is 1. The maximum Gasteiger partial charge on any atom is 0.235 e. The van der Waals surface area contributed by atoms with Crippen LogP contribution in [0.2, 0.25) is 0 Å². The standard InChI is InChI=1S/C20H20N2O3S/c1-21-14-19(23)22-20(26(24,25)16-10-3-2-4-11-16)18-13-7-9-15-8-5-6-12-17(15)18/h2-13,20-21H,14H2,1H3,(H,22,23). The Morgan fingerprint density at radius 3 is 2.31 bits per heavy atom. The first kappa shape index (κ1) is 18.1. The number of likely N-dealkylation sites (N-methyl/N-ethyl adjacent to an activating group) is 1. The van der Waals surface area contributed by atoms with E-state index in [1.807, 2.05) is 30.3 Å². The van der Waals surface area contributed by atoms with Crippen molar-refractivity contribution in [3.05, 3.63) is 78.4 Å².